The van der Waals surface area contributed by atoms with E-state index in [1.165, 1.54) is 0 Å². The van der Waals surface area contributed by atoms with Gasteiger partial charge >= 0.3 is 0 Å². The van der Waals surface area contributed by atoms with Gasteiger partial charge in [-0.2, -0.15) is 4.98 Å². The Morgan fingerprint density at radius 3 is 2.91 bits per heavy atom. The summed E-state index contributed by atoms with van der Waals surface area (Å²) in [5.74, 6) is 3.69. The van der Waals surface area contributed by atoms with Crippen LogP contribution in [0, 0.1) is 5.92 Å². The highest BCUT2D eigenvalue weighted by Gasteiger charge is 2.21. The fourth-order valence-corrected chi connectivity index (χ4v) is 3.80. The molecule has 0 unspecified atom stereocenters. The van der Waals surface area contributed by atoms with Crippen LogP contribution in [0.5, 0.6) is 11.6 Å². The highest BCUT2D eigenvalue weighted by atomic mass is 32.2. The summed E-state index contributed by atoms with van der Waals surface area (Å²) in [5.41, 5.74) is 0. The summed E-state index contributed by atoms with van der Waals surface area (Å²) in [6.07, 6.45) is 1.70. The first-order chi connectivity index (χ1) is 10.7. The van der Waals surface area contributed by atoms with E-state index in [9.17, 15) is 4.21 Å². The summed E-state index contributed by atoms with van der Waals surface area (Å²) < 4.78 is 17.5. The number of rotatable bonds is 3. The van der Waals surface area contributed by atoms with Crippen LogP contribution in [-0.2, 0) is 10.8 Å². The molecule has 116 valence electrons. The van der Waals surface area contributed by atoms with Crippen LogP contribution in [0.15, 0.2) is 42.6 Å². The molecule has 1 aliphatic rings. The monoisotopic (exact) mass is 317 g/mol. The molecule has 6 heteroatoms. The van der Waals surface area contributed by atoms with Crippen molar-refractivity contribution in [3.63, 3.8) is 0 Å². The van der Waals surface area contributed by atoms with E-state index >= 15 is 0 Å². The quantitative estimate of drug-likeness (QED) is 0.870. The Labute approximate surface area is 132 Å². The van der Waals surface area contributed by atoms with Gasteiger partial charge in [0.15, 0.2) is 0 Å². The first kappa shape index (κ1) is 15.0. The number of ether oxygens (including phenoxy) is 1. The minimum Gasteiger partial charge on any atom is -0.439 e. The fourth-order valence-electron chi connectivity index (χ4n) is 2.47. The molecule has 0 radical (unpaired) electrons. The summed E-state index contributed by atoms with van der Waals surface area (Å²) in [6.45, 7) is 3.65. The van der Waals surface area contributed by atoms with Crippen LogP contribution >= 0.6 is 0 Å². The lowest BCUT2D eigenvalue weighted by atomic mass is 10.2. The molecule has 1 aliphatic heterocycles. The molecule has 1 fully saturated rings. The Bertz CT molecular complexity index is 651. The third-order valence-corrected chi connectivity index (χ3v) is 5.04. The number of para-hydroxylation sites is 1. The molecule has 22 heavy (non-hydrogen) atoms. The SMILES string of the molecule is C[C@@H]1CN(c2nccc(Oc3ccccc3)n2)CC[S@](=O)C1. The van der Waals surface area contributed by atoms with Crippen molar-refractivity contribution in [3.05, 3.63) is 42.6 Å². The van der Waals surface area contributed by atoms with Crippen molar-refractivity contribution in [2.45, 2.75) is 6.92 Å². The molecule has 1 saturated heterocycles. The molecule has 2 atom stereocenters. The minimum absolute atomic E-state index is 0.366. The van der Waals surface area contributed by atoms with Crippen molar-refractivity contribution >= 4 is 16.7 Å². The summed E-state index contributed by atoms with van der Waals surface area (Å²) >= 11 is 0. The lowest BCUT2D eigenvalue weighted by molar-refractivity contribution is 0.460. The van der Waals surface area contributed by atoms with Crippen molar-refractivity contribution in [3.8, 4) is 11.6 Å². The molecular formula is C16H19N3O2S. The van der Waals surface area contributed by atoms with E-state index in [1.807, 2.05) is 30.3 Å². The number of nitrogens with zero attached hydrogens (tertiary/aromatic N) is 3. The van der Waals surface area contributed by atoms with Crippen LogP contribution in [-0.4, -0.2) is 38.8 Å². The van der Waals surface area contributed by atoms with E-state index in [-0.39, 0.29) is 0 Å². The molecule has 0 spiro atoms. The third-order valence-electron chi connectivity index (χ3n) is 3.46. The van der Waals surface area contributed by atoms with Crippen molar-refractivity contribution in [2.24, 2.45) is 5.92 Å². The van der Waals surface area contributed by atoms with Crippen LogP contribution in [0.2, 0.25) is 0 Å². The second-order valence-corrected chi connectivity index (χ2v) is 7.09. The first-order valence-corrected chi connectivity index (χ1v) is 8.85. The molecule has 1 aromatic carbocycles. The molecule has 0 saturated carbocycles. The topological polar surface area (TPSA) is 55.3 Å². The average Bonchev–Trinajstić information content (AvgIpc) is 2.69. The summed E-state index contributed by atoms with van der Waals surface area (Å²) in [5, 5.41) is 0. The van der Waals surface area contributed by atoms with Gasteiger partial charge in [0.25, 0.3) is 0 Å². The maximum absolute atomic E-state index is 11.8. The zero-order valence-corrected chi connectivity index (χ0v) is 13.3. The van der Waals surface area contributed by atoms with Crippen molar-refractivity contribution in [1.29, 1.82) is 0 Å². The third kappa shape index (κ3) is 3.82. The van der Waals surface area contributed by atoms with Crippen LogP contribution in [0.25, 0.3) is 0 Å². The van der Waals surface area contributed by atoms with Gasteiger partial charge in [0.2, 0.25) is 11.8 Å². The van der Waals surface area contributed by atoms with Gasteiger partial charge in [-0.1, -0.05) is 25.1 Å². The van der Waals surface area contributed by atoms with E-state index in [1.54, 1.807) is 12.3 Å². The summed E-state index contributed by atoms with van der Waals surface area (Å²) in [7, 11) is -0.747. The maximum Gasteiger partial charge on any atom is 0.228 e. The van der Waals surface area contributed by atoms with Crippen LogP contribution in [0.4, 0.5) is 5.95 Å². The Balaban J connectivity index is 1.77. The number of aromatic nitrogens is 2. The van der Waals surface area contributed by atoms with E-state index in [0.717, 1.165) is 18.0 Å². The fraction of sp³-hybridized carbons (Fsp3) is 0.375. The molecule has 1 aromatic heterocycles. The van der Waals surface area contributed by atoms with Gasteiger partial charge in [-0.05, 0) is 18.1 Å². The number of hydrogen-bond donors (Lipinski definition) is 0. The van der Waals surface area contributed by atoms with Gasteiger partial charge in [-0.3, -0.25) is 4.21 Å². The van der Waals surface area contributed by atoms with E-state index < -0.39 is 10.8 Å². The number of benzene rings is 1. The van der Waals surface area contributed by atoms with Gasteiger partial charge in [-0.25, -0.2) is 4.98 Å². The van der Waals surface area contributed by atoms with Gasteiger partial charge in [0, 0.05) is 47.7 Å². The molecule has 2 heterocycles. The molecule has 0 aliphatic carbocycles. The normalized spacial score (nSPS) is 22.1. The van der Waals surface area contributed by atoms with Gasteiger partial charge in [0.05, 0.1) is 0 Å². The number of anilines is 1. The van der Waals surface area contributed by atoms with E-state index in [4.69, 9.17) is 4.74 Å². The minimum atomic E-state index is -0.747. The molecule has 0 bridgehead atoms. The maximum atomic E-state index is 11.8. The van der Waals surface area contributed by atoms with Crippen molar-refractivity contribution in [2.75, 3.05) is 29.5 Å². The molecule has 2 aromatic rings. The van der Waals surface area contributed by atoms with E-state index in [2.05, 4.69) is 21.8 Å². The van der Waals surface area contributed by atoms with Gasteiger partial charge in [0.1, 0.15) is 5.75 Å². The lowest BCUT2D eigenvalue weighted by Gasteiger charge is -2.22. The molecule has 5 nitrogen and oxygen atoms in total. The largest absolute Gasteiger partial charge is 0.439 e. The summed E-state index contributed by atoms with van der Waals surface area (Å²) in [6, 6.07) is 11.3. The second-order valence-electron chi connectivity index (χ2n) is 5.47. The Morgan fingerprint density at radius 1 is 1.27 bits per heavy atom. The second kappa shape index (κ2) is 6.87. The highest BCUT2D eigenvalue weighted by molar-refractivity contribution is 7.85. The predicted molar refractivity (Wildman–Crippen MR) is 87.8 cm³/mol. The zero-order valence-electron chi connectivity index (χ0n) is 12.5. The molecule has 3 rings (SSSR count). The summed E-state index contributed by atoms with van der Waals surface area (Å²) in [4.78, 5) is 10.9. The molecular weight excluding hydrogens is 298 g/mol. The average molecular weight is 317 g/mol. The van der Waals surface area contributed by atoms with Crippen LogP contribution in [0.3, 0.4) is 0 Å². The Kier molecular flexibility index (Phi) is 4.68. The van der Waals surface area contributed by atoms with Crippen LogP contribution < -0.4 is 9.64 Å². The lowest BCUT2D eigenvalue weighted by Crippen LogP contribution is -2.30. The standard InChI is InChI=1S/C16H19N3O2S/c1-13-11-19(9-10-22(20)12-13)16-17-8-7-15(18-16)21-14-5-3-2-4-6-14/h2-8,13H,9-12H2,1H3/t13-,22+/m1/s1. The predicted octanol–water partition coefficient (Wildman–Crippen LogP) is 2.47. The van der Waals surface area contributed by atoms with E-state index in [0.29, 0.717) is 30.0 Å². The van der Waals surface area contributed by atoms with Crippen molar-refractivity contribution in [1.82, 2.24) is 9.97 Å². The Hall–Kier alpha value is -1.95. The van der Waals surface area contributed by atoms with Crippen LogP contribution in [0.1, 0.15) is 6.92 Å². The Morgan fingerprint density at radius 2 is 2.09 bits per heavy atom. The molecule has 0 N–H and O–H groups in total. The van der Waals surface area contributed by atoms with Crippen molar-refractivity contribution < 1.29 is 8.95 Å². The first-order valence-electron chi connectivity index (χ1n) is 7.36. The number of hydrogen-bond acceptors (Lipinski definition) is 5. The highest BCUT2D eigenvalue weighted by Crippen LogP contribution is 2.21. The molecule has 0 amide bonds. The zero-order chi connectivity index (χ0) is 15.4. The van der Waals surface area contributed by atoms with Gasteiger partial charge < -0.3 is 9.64 Å². The smallest absolute Gasteiger partial charge is 0.228 e. The van der Waals surface area contributed by atoms with Gasteiger partial charge in [-0.15, -0.1) is 0 Å².